The van der Waals surface area contributed by atoms with E-state index in [0.29, 0.717) is 6.54 Å². The molecule has 1 amide bonds. The number of ether oxygens (including phenoxy) is 2. The van der Waals surface area contributed by atoms with Gasteiger partial charge in [-0.3, -0.25) is 0 Å². The summed E-state index contributed by atoms with van der Waals surface area (Å²) in [7, 11) is 0. The molecule has 18 heavy (non-hydrogen) atoms. The number of nitrogens with one attached hydrogen (secondary N) is 1. The molecule has 0 aromatic rings. The highest BCUT2D eigenvalue weighted by Gasteiger charge is 2.22. The van der Waals surface area contributed by atoms with E-state index in [-0.39, 0.29) is 18.6 Å². The molecule has 0 aromatic carbocycles. The molecule has 5 heteroatoms. The largest absolute Gasteiger partial charge is 0.444 e. The quantitative estimate of drug-likeness (QED) is 0.788. The first-order chi connectivity index (χ1) is 8.40. The molecule has 2 atom stereocenters. The Hall–Kier alpha value is -0.810. The molecule has 1 rings (SSSR count). The molecule has 2 unspecified atom stereocenters. The maximum atomic E-state index is 11.5. The van der Waals surface area contributed by atoms with Crippen molar-refractivity contribution in [1.82, 2.24) is 5.32 Å². The third-order valence-electron chi connectivity index (χ3n) is 2.81. The number of rotatable bonds is 5. The van der Waals surface area contributed by atoms with Crippen molar-refractivity contribution in [3.63, 3.8) is 0 Å². The van der Waals surface area contributed by atoms with Crippen molar-refractivity contribution in [3.05, 3.63) is 0 Å². The number of amides is 1. The van der Waals surface area contributed by atoms with Crippen LogP contribution in [0, 0.1) is 5.92 Å². The first kappa shape index (κ1) is 15.2. The number of hydrogen-bond donors (Lipinski definition) is 2. The molecule has 0 aromatic heterocycles. The van der Waals surface area contributed by atoms with Crippen molar-refractivity contribution in [2.45, 2.75) is 51.7 Å². The van der Waals surface area contributed by atoms with Gasteiger partial charge >= 0.3 is 6.09 Å². The van der Waals surface area contributed by atoms with Gasteiger partial charge in [0.25, 0.3) is 0 Å². The summed E-state index contributed by atoms with van der Waals surface area (Å²) in [5, 5.41) is 12.0. The molecule has 1 aliphatic rings. The van der Waals surface area contributed by atoms with E-state index in [1.807, 2.05) is 20.8 Å². The second kappa shape index (κ2) is 6.95. The molecule has 0 bridgehead atoms. The van der Waals surface area contributed by atoms with E-state index in [4.69, 9.17) is 9.47 Å². The SMILES string of the molecule is CC(C)(C)OC(=O)NCC(CO)CC1CCCO1. The Balaban J connectivity index is 2.23. The minimum Gasteiger partial charge on any atom is -0.444 e. The Bertz CT molecular complexity index is 256. The molecule has 5 nitrogen and oxygen atoms in total. The summed E-state index contributed by atoms with van der Waals surface area (Å²) in [6.07, 6.45) is 2.70. The minimum atomic E-state index is -0.493. The number of hydrogen-bond acceptors (Lipinski definition) is 4. The lowest BCUT2D eigenvalue weighted by molar-refractivity contribution is 0.0479. The monoisotopic (exact) mass is 259 g/mol. The van der Waals surface area contributed by atoms with E-state index in [2.05, 4.69) is 5.32 Å². The fourth-order valence-corrected chi connectivity index (χ4v) is 1.97. The van der Waals surface area contributed by atoms with Gasteiger partial charge in [-0.05, 0) is 40.0 Å². The Morgan fingerprint density at radius 2 is 2.28 bits per heavy atom. The number of aliphatic hydroxyl groups excluding tert-OH is 1. The van der Waals surface area contributed by atoms with Gasteiger partial charge in [-0.2, -0.15) is 0 Å². The molecule has 1 heterocycles. The smallest absolute Gasteiger partial charge is 0.407 e. The van der Waals surface area contributed by atoms with E-state index in [0.717, 1.165) is 25.9 Å². The zero-order valence-corrected chi connectivity index (χ0v) is 11.6. The van der Waals surface area contributed by atoms with Crippen LogP contribution in [0.2, 0.25) is 0 Å². The lowest BCUT2D eigenvalue weighted by atomic mass is 10.0. The zero-order chi connectivity index (χ0) is 13.6. The van der Waals surface area contributed by atoms with Crippen LogP contribution in [0.5, 0.6) is 0 Å². The van der Waals surface area contributed by atoms with Gasteiger partial charge < -0.3 is 19.9 Å². The van der Waals surface area contributed by atoms with Crippen molar-refractivity contribution in [2.24, 2.45) is 5.92 Å². The standard InChI is InChI=1S/C13H25NO4/c1-13(2,3)18-12(16)14-8-10(9-15)7-11-5-4-6-17-11/h10-11,15H,4-9H2,1-3H3,(H,14,16). The molecule has 1 saturated heterocycles. The maximum absolute atomic E-state index is 11.5. The van der Waals surface area contributed by atoms with Crippen LogP contribution in [-0.4, -0.2) is 42.7 Å². The number of carbonyl (C=O) groups is 1. The van der Waals surface area contributed by atoms with Gasteiger partial charge in [-0.1, -0.05) is 0 Å². The van der Waals surface area contributed by atoms with Crippen molar-refractivity contribution >= 4 is 6.09 Å². The Kier molecular flexibility index (Phi) is 5.88. The molecule has 0 saturated carbocycles. The molecule has 0 aliphatic carbocycles. The molecular formula is C13H25NO4. The summed E-state index contributed by atoms with van der Waals surface area (Å²) in [5.74, 6) is 0.0284. The normalized spacial score (nSPS) is 21.7. The lowest BCUT2D eigenvalue weighted by Gasteiger charge is -2.22. The van der Waals surface area contributed by atoms with Crippen molar-refractivity contribution in [2.75, 3.05) is 19.8 Å². The highest BCUT2D eigenvalue weighted by Crippen LogP contribution is 2.19. The summed E-state index contributed by atoms with van der Waals surface area (Å²) in [6, 6.07) is 0. The molecule has 106 valence electrons. The van der Waals surface area contributed by atoms with Gasteiger partial charge in [0.05, 0.1) is 6.10 Å². The highest BCUT2D eigenvalue weighted by atomic mass is 16.6. The first-order valence-corrected chi connectivity index (χ1v) is 6.60. The van der Waals surface area contributed by atoms with Crippen LogP contribution in [0.1, 0.15) is 40.0 Å². The highest BCUT2D eigenvalue weighted by molar-refractivity contribution is 5.67. The first-order valence-electron chi connectivity index (χ1n) is 6.60. The molecular weight excluding hydrogens is 234 g/mol. The van der Waals surface area contributed by atoms with E-state index in [1.165, 1.54) is 0 Å². The van der Waals surface area contributed by atoms with Gasteiger partial charge in [0.1, 0.15) is 5.60 Å². The Morgan fingerprint density at radius 1 is 1.56 bits per heavy atom. The summed E-state index contributed by atoms with van der Waals surface area (Å²) in [6.45, 7) is 6.75. The van der Waals surface area contributed by atoms with E-state index >= 15 is 0 Å². The van der Waals surface area contributed by atoms with Crippen LogP contribution in [-0.2, 0) is 9.47 Å². The number of carbonyl (C=O) groups excluding carboxylic acids is 1. The molecule has 0 radical (unpaired) electrons. The average molecular weight is 259 g/mol. The third kappa shape index (κ3) is 6.21. The summed E-state index contributed by atoms with van der Waals surface area (Å²) >= 11 is 0. The second-order valence-electron chi connectivity index (χ2n) is 5.80. The molecule has 1 fully saturated rings. The predicted octanol–water partition coefficient (Wildman–Crippen LogP) is 1.69. The van der Waals surface area contributed by atoms with E-state index in [9.17, 15) is 9.90 Å². The van der Waals surface area contributed by atoms with Crippen molar-refractivity contribution < 1.29 is 19.4 Å². The van der Waals surface area contributed by atoms with Crippen LogP contribution in [0.3, 0.4) is 0 Å². The fraction of sp³-hybridized carbons (Fsp3) is 0.923. The fourth-order valence-electron chi connectivity index (χ4n) is 1.97. The minimum absolute atomic E-state index is 0.0284. The molecule has 2 N–H and O–H groups in total. The van der Waals surface area contributed by atoms with Crippen LogP contribution in [0.15, 0.2) is 0 Å². The van der Waals surface area contributed by atoms with Gasteiger partial charge in [0, 0.05) is 25.7 Å². The summed E-state index contributed by atoms with van der Waals surface area (Å²) in [4.78, 5) is 11.5. The molecule has 1 aliphatic heterocycles. The van der Waals surface area contributed by atoms with Gasteiger partial charge in [0.2, 0.25) is 0 Å². The average Bonchev–Trinajstić information content (AvgIpc) is 2.74. The maximum Gasteiger partial charge on any atom is 0.407 e. The summed E-state index contributed by atoms with van der Waals surface area (Å²) in [5.41, 5.74) is -0.493. The molecule has 0 spiro atoms. The second-order valence-corrected chi connectivity index (χ2v) is 5.80. The third-order valence-corrected chi connectivity index (χ3v) is 2.81. The van der Waals surface area contributed by atoms with E-state index in [1.54, 1.807) is 0 Å². The van der Waals surface area contributed by atoms with Crippen LogP contribution < -0.4 is 5.32 Å². The lowest BCUT2D eigenvalue weighted by Crippen LogP contribution is -2.36. The van der Waals surface area contributed by atoms with E-state index < -0.39 is 11.7 Å². The zero-order valence-electron chi connectivity index (χ0n) is 11.6. The Labute approximate surface area is 109 Å². The van der Waals surface area contributed by atoms with Crippen LogP contribution >= 0.6 is 0 Å². The Morgan fingerprint density at radius 3 is 2.78 bits per heavy atom. The topological polar surface area (TPSA) is 67.8 Å². The van der Waals surface area contributed by atoms with Gasteiger partial charge in [-0.25, -0.2) is 4.79 Å². The van der Waals surface area contributed by atoms with Gasteiger partial charge in [0.15, 0.2) is 0 Å². The predicted molar refractivity (Wildman–Crippen MR) is 68.4 cm³/mol. The van der Waals surface area contributed by atoms with Crippen LogP contribution in [0.4, 0.5) is 4.79 Å². The van der Waals surface area contributed by atoms with Crippen molar-refractivity contribution in [3.8, 4) is 0 Å². The van der Waals surface area contributed by atoms with Crippen LogP contribution in [0.25, 0.3) is 0 Å². The van der Waals surface area contributed by atoms with Gasteiger partial charge in [-0.15, -0.1) is 0 Å². The number of aliphatic hydroxyl groups is 1. The van der Waals surface area contributed by atoms with Crippen molar-refractivity contribution in [1.29, 1.82) is 0 Å². The number of alkyl carbamates (subject to hydrolysis) is 1. The summed E-state index contributed by atoms with van der Waals surface area (Å²) < 4.78 is 10.7.